The zero-order valence-electron chi connectivity index (χ0n) is 17.5. The third kappa shape index (κ3) is 2.79. The van der Waals surface area contributed by atoms with Crippen LogP contribution in [0.2, 0.25) is 0 Å². The molecule has 1 aromatic heterocycles. The summed E-state index contributed by atoms with van der Waals surface area (Å²) in [6.45, 7) is 7.22. The highest BCUT2D eigenvalue weighted by atomic mass is 32.1. The highest BCUT2D eigenvalue weighted by molar-refractivity contribution is 7.21. The van der Waals surface area contributed by atoms with Gasteiger partial charge in [-0.1, -0.05) is 27.2 Å². The molecule has 2 saturated carbocycles. The number of benzene rings is 1. The lowest BCUT2D eigenvalue weighted by Gasteiger charge is -2.51. The van der Waals surface area contributed by atoms with Crippen LogP contribution in [0.1, 0.15) is 82.1 Å². The number of phenols is 2. The van der Waals surface area contributed by atoms with Crippen LogP contribution in [0.3, 0.4) is 0 Å². The average Bonchev–Trinajstić information content (AvgIpc) is 3.40. The lowest BCUT2D eigenvalue weighted by atomic mass is 9.53. The Bertz CT molecular complexity index is 977. The Morgan fingerprint density at radius 1 is 1.03 bits per heavy atom. The second-order valence-corrected chi connectivity index (χ2v) is 11.6. The van der Waals surface area contributed by atoms with E-state index in [9.17, 15) is 20.3 Å². The van der Waals surface area contributed by atoms with Crippen molar-refractivity contribution < 1.29 is 20.3 Å². The van der Waals surface area contributed by atoms with E-state index in [-0.39, 0.29) is 22.0 Å². The van der Waals surface area contributed by atoms with E-state index >= 15 is 0 Å². The van der Waals surface area contributed by atoms with Gasteiger partial charge in [-0.3, -0.25) is 0 Å². The van der Waals surface area contributed by atoms with Gasteiger partial charge in [0.05, 0.1) is 0 Å². The maximum atomic E-state index is 10.4. The van der Waals surface area contributed by atoms with Gasteiger partial charge >= 0.3 is 7.12 Å². The molecule has 29 heavy (non-hydrogen) atoms. The molecule has 0 radical (unpaired) electrons. The van der Waals surface area contributed by atoms with Crippen molar-refractivity contribution in [3.8, 4) is 11.5 Å². The molecule has 156 valence electrons. The van der Waals surface area contributed by atoms with Crippen LogP contribution in [0.25, 0.3) is 10.1 Å². The minimum atomic E-state index is -1.81. The minimum absolute atomic E-state index is 0.0000633. The van der Waals surface area contributed by atoms with Gasteiger partial charge < -0.3 is 20.3 Å². The monoisotopic (exact) mass is 414 g/mol. The molecule has 0 aliphatic heterocycles. The molecule has 2 aromatic rings. The van der Waals surface area contributed by atoms with E-state index in [1.54, 1.807) is 17.4 Å². The molecule has 5 rings (SSSR count). The predicted molar refractivity (Wildman–Crippen MR) is 118 cm³/mol. The van der Waals surface area contributed by atoms with Crippen molar-refractivity contribution in [2.24, 2.45) is 17.3 Å². The van der Waals surface area contributed by atoms with Gasteiger partial charge in [-0.25, -0.2) is 0 Å². The number of hydrogen-bond donors (Lipinski definition) is 4. The van der Waals surface area contributed by atoms with Crippen molar-refractivity contribution in [2.45, 2.75) is 77.0 Å². The molecular formula is C23H31BO4S. The number of hydrogen-bond acceptors (Lipinski definition) is 5. The van der Waals surface area contributed by atoms with Crippen molar-refractivity contribution >= 4 is 34.0 Å². The van der Waals surface area contributed by atoms with Gasteiger partial charge in [-0.2, -0.15) is 0 Å². The maximum Gasteiger partial charge on any atom is 0.493 e. The fourth-order valence-corrected chi connectivity index (χ4v) is 8.61. The number of thiophene rings is 1. The fourth-order valence-electron chi connectivity index (χ4n) is 6.90. The molecule has 0 saturated heterocycles. The molecular weight excluding hydrogens is 383 g/mol. The molecule has 3 atom stereocenters. The van der Waals surface area contributed by atoms with E-state index < -0.39 is 12.9 Å². The Morgan fingerprint density at radius 3 is 2.41 bits per heavy atom. The van der Waals surface area contributed by atoms with E-state index in [0.717, 1.165) is 22.4 Å². The predicted octanol–water partition coefficient (Wildman–Crippen LogP) is 4.36. The first-order valence-electron chi connectivity index (χ1n) is 11.0. The number of fused-ring (bicyclic) bond motifs is 5. The molecule has 0 spiro atoms. The number of rotatable bonds is 2. The summed E-state index contributed by atoms with van der Waals surface area (Å²) >= 11 is 1.63. The number of aromatic hydroxyl groups is 2. The summed E-state index contributed by atoms with van der Waals surface area (Å²) in [7, 11) is -1.81. The third-order valence-corrected chi connectivity index (χ3v) is 9.72. The Kier molecular flexibility index (Phi) is 4.34. The molecule has 6 heteroatoms. The molecule has 3 unspecified atom stereocenters. The van der Waals surface area contributed by atoms with E-state index in [2.05, 4.69) is 20.8 Å². The summed E-state index contributed by atoms with van der Waals surface area (Å²) in [6.07, 6.45) is 8.51. The topological polar surface area (TPSA) is 80.9 Å². The molecule has 4 N–H and O–H groups in total. The average molecular weight is 414 g/mol. The van der Waals surface area contributed by atoms with Gasteiger partial charge in [-0.15, -0.1) is 11.3 Å². The Hall–Kier alpha value is -1.24. The zero-order chi connectivity index (χ0) is 20.7. The molecule has 4 nitrogen and oxygen atoms in total. The summed E-state index contributed by atoms with van der Waals surface area (Å²) in [6, 6.07) is 1.67. The quantitative estimate of drug-likeness (QED) is 0.435. The van der Waals surface area contributed by atoms with Gasteiger partial charge in [0.2, 0.25) is 0 Å². The maximum absolute atomic E-state index is 10.4. The van der Waals surface area contributed by atoms with Crippen molar-refractivity contribution in [1.29, 1.82) is 0 Å². The Labute approximate surface area is 176 Å². The second kappa shape index (κ2) is 6.38. The molecule has 3 aliphatic carbocycles. The lowest BCUT2D eigenvalue weighted by Crippen LogP contribution is -2.44. The minimum Gasteiger partial charge on any atom is -0.504 e. The molecule has 0 bridgehead atoms. The SMILES string of the molecule is CC1(C)CCCC2(C)c3c(sc4c(B(O)O)c(O)c(O)cc34)C(C3CC3)CCC12. The molecule has 3 aliphatic rings. The van der Waals surface area contributed by atoms with Gasteiger partial charge in [-0.05, 0) is 78.7 Å². The van der Waals surface area contributed by atoms with E-state index in [4.69, 9.17) is 0 Å². The first-order chi connectivity index (χ1) is 13.6. The Balaban J connectivity index is 1.85. The van der Waals surface area contributed by atoms with Gasteiger partial charge in [0.25, 0.3) is 0 Å². The van der Waals surface area contributed by atoms with Crippen LogP contribution in [-0.2, 0) is 5.41 Å². The van der Waals surface area contributed by atoms with Crippen molar-refractivity contribution in [1.82, 2.24) is 0 Å². The zero-order valence-corrected chi connectivity index (χ0v) is 18.4. The smallest absolute Gasteiger partial charge is 0.493 e. The van der Waals surface area contributed by atoms with Crippen molar-refractivity contribution in [3.05, 3.63) is 16.5 Å². The largest absolute Gasteiger partial charge is 0.504 e. The molecule has 2 fully saturated rings. The van der Waals surface area contributed by atoms with Crippen molar-refractivity contribution in [2.75, 3.05) is 0 Å². The lowest BCUT2D eigenvalue weighted by molar-refractivity contribution is 0.0501. The van der Waals surface area contributed by atoms with E-state index in [0.29, 0.717) is 11.8 Å². The summed E-state index contributed by atoms with van der Waals surface area (Å²) in [4.78, 5) is 1.37. The van der Waals surface area contributed by atoms with E-state index in [1.165, 1.54) is 49.0 Å². The third-order valence-electron chi connectivity index (χ3n) is 8.35. The van der Waals surface area contributed by atoms with Crippen LogP contribution >= 0.6 is 11.3 Å². The summed E-state index contributed by atoms with van der Waals surface area (Å²) in [5, 5.41) is 41.7. The molecule has 1 aromatic carbocycles. The number of phenolic OH excluding ortho intramolecular Hbond substituents is 2. The second-order valence-electron chi connectivity index (χ2n) is 10.6. The highest BCUT2D eigenvalue weighted by Crippen LogP contribution is 2.63. The normalized spacial score (nSPS) is 31.2. The van der Waals surface area contributed by atoms with Gasteiger partial charge in [0.15, 0.2) is 11.5 Å². The van der Waals surface area contributed by atoms with Crippen LogP contribution in [0, 0.1) is 17.3 Å². The highest BCUT2D eigenvalue weighted by Gasteiger charge is 2.52. The van der Waals surface area contributed by atoms with E-state index in [1.807, 2.05) is 0 Å². The van der Waals surface area contributed by atoms with Crippen LogP contribution in [0.4, 0.5) is 0 Å². The molecule has 0 amide bonds. The van der Waals surface area contributed by atoms with Crippen LogP contribution < -0.4 is 5.46 Å². The summed E-state index contributed by atoms with van der Waals surface area (Å²) in [5.74, 6) is 1.12. The van der Waals surface area contributed by atoms with Gasteiger partial charge in [0.1, 0.15) is 0 Å². The van der Waals surface area contributed by atoms with Crippen LogP contribution in [0.15, 0.2) is 6.07 Å². The summed E-state index contributed by atoms with van der Waals surface area (Å²) in [5.41, 5.74) is 1.64. The Morgan fingerprint density at radius 2 is 1.76 bits per heavy atom. The van der Waals surface area contributed by atoms with Crippen LogP contribution in [-0.4, -0.2) is 27.4 Å². The van der Waals surface area contributed by atoms with Gasteiger partial charge in [0, 0.05) is 20.4 Å². The van der Waals surface area contributed by atoms with Crippen molar-refractivity contribution in [3.63, 3.8) is 0 Å². The standard InChI is InChI=1S/C23H31BO4S/c1-22(2)9-4-10-23(3)16(22)8-7-13(12-5-6-12)20-17(23)14-11-15(25)19(26)18(24(27)28)21(14)29-20/h11-13,16,25-28H,4-10H2,1-3H3. The fraction of sp³-hybridized carbons (Fsp3) is 0.652. The molecule has 1 heterocycles. The first-order valence-corrected chi connectivity index (χ1v) is 11.8. The summed E-state index contributed by atoms with van der Waals surface area (Å²) < 4.78 is 0.733. The van der Waals surface area contributed by atoms with Crippen LogP contribution in [0.5, 0.6) is 11.5 Å². The first kappa shape index (κ1) is 19.7.